The number of nitrogens with one attached hydrogen (secondary N) is 1. The maximum Gasteiger partial charge on any atom is 0.249 e. The summed E-state index contributed by atoms with van der Waals surface area (Å²) in [5, 5.41) is 8.56. The molecule has 1 aromatic carbocycles. The average Bonchev–Trinajstić information content (AvgIpc) is 2.92. The average molecular weight is 355 g/mol. The van der Waals surface area contributed by atoms with Crippen molar-refractivity contribution in [2.24, 2.45) is 5.14 Å². The molecule has 6 nitrogen and oxygen atoms in total. The van der Waals surface area contributed by atoms with Crippen LogP contribution in [0.4, 0.5) is 5.13 Å². The van der Waals surface area contributed by atoms with Crippen molar-refractivity contribution in [1.82, 2.24) is 4.98 Å². The molecular weight excluding hydrogens is 334 g/mol. The van der Waals surface area contributed by atoms with E-state index in [1.807, 2.05) is 18.2 Å². The smallest absolute Gasteiger partial charge is 0.249 e. The first-order valence-corrected chi connectivity index (χ1v) is 9.48. The van der Waals surface area contributed by atoms with E-state index in [0.29, 0.717) is 18.3 Å². The van der Waals surface area contributed by atoms with Crippen LogP contribution in [0.2, 0.25) is 0 Å². The van der Waals surface area contributed by atoms with Gasteiger partial charge in [-0.15, -0.1) is 0 Å². The molecular formula is C15H21N3O3S2. The van der Waals surface area contributed by atoms with Gasteiger partial charge >= 0.3 is 0 Å². The van der Waals surface area contributed by atoms with Gasteiger partial charge in [-0.1, -0.05) is 44.2 Å². The van der Waals surface area contributed by atoms with Crippen molar-refractivity contribution in [3.05, 3.63) is 36.0 Å². The molecule has 0 aliphatic heterocycles. The van der Waals surface area contributed by atoms with Gasteiger partial charge in [-0.05, 0) is 23.1 Å². The predicted molar refractivity (Wildman–Crippen MR) is 92.6 cm³/mol. The van der Waals surface area contributed by atoms with E-state index in [0.717, 1.165) is 17.1 Å². The number of sulfonamides is 1. The zero-order chi connectivity index (χ0) is 17.1. The molecule has 126 valence electrons. The molecule has 0 fully saturated rings. The molecule has 0 unspecified atom stereocenters. The summed E-state index contributed by atoms with van der Waals surface area (Å²) >= 11 is 1.00. The number of nitrogens with zero attached hydrogens (tertiary/aromatic N) is 1. The van der Waals surface area contributed by atoms with Gasteiger partial charge < -0.3 is 10.1 Å². The molecule has 1 aromatic heterocycles. The number of primary sulfonamides is 1. The molecule has 0 aliphatic carbocycles. The van der Waals surface area contributed by atoms with Crippen LogP contribution in [0.3, 0.4) is 0 Å². The third kappa shape index (κ3) is 5.19. The second-order valence-corrected chi connectivity index (χ2v) is 8.90. The quantitative estimate of drug-likeness (QED) is 0.777. The van der Waals surface area contributed by atoms with Gasteiger partial charge in [0.2, 0.25) is 10.0 Å². The van der Waals surface area contributed by atoms with Gasteiger partial charge in [0.1, 0.15) is 12.4 Å². The van der Waals surface area contributed by atoms with E-state index in [-0.39, 0.29) is 9.62 Å². The van der Waals surface area contributed by atoms with Gasteiger partial charge in [0.15, 0.2) is 9.34 Å². The largest absolute Gasteiger partial charge is 0.492 e. The molecule has 23 heavy (non-hydrogen) atoms. The molecule has 0 saturated carbocycles. The van der Waals surface area contributed by atoms with Gasteiger partial charge in [-0.25, -0.2) is 18.5 Å². The highest BCUT2D eigenvalue weighted by Gasteiger charge is 2.14. The molecule has 8 heteroatoms. The first kappa shape index (κ1) is 17.7. The molecule has 0 saturated heterocycles. The van der Waals surface area contributed by atoms with Crippen LogP contribution in [0.15, 0.2) is 34.7 Å². The van der Waals surface area contributed by atoms with Gasteiger partial charge in [0.25, 0.3) is 0 Å². The van der Waals surface area contributed by atoms with Crippen LogP contribution in [0.1, 0.15) is 26.3 Å². The van der Waals surface area contributed by atoms with Crippen molar-refractivity contribution < 1.29 is 13.2 Å². The summed E-state index contributed by atoms with van der Waals surface area (Å²) in [6, 6.07) is 8.00. The van der Waals surface area contributed by atoms with E-state index in [4.69, 9.17) is 9.88 Å². The normalized spacial score (nSPS) is 12.2. The van der Waals surface area contributed by atoms with E-state index in [2.05, 4.69) is 37.1 Å². The predicted octanol–water partition coefficient (Wildman–Crippen LogP) is 2.58. The molecule has 0 radical (unpaired) electrons. The Balaban J connectivity index is 1.85. The summed E-state index contributed by atoms with van der Waals surface area (Å²) in [6.45, 7) is 7.41. The second kappa shape index (κ2) is 6.86. The molecule has 2 aromatic rings. The van der Waals surface area contributed by atoms with Crippen molar-refractivity contribution in [1.29, 1.82) is 0 Å². The number of benzene rings is 1. The fourth-order valence-electron chi connectivity index (χ4n) is 1.85. The zero-order valence-corrected chi connectivity index (χ0v) is 15.0. The van der Waals surface area contributed by atoms with E-state index in [1.165, 1.54) is 11.8 Å². The number of hydrogen-bond donors (Lipinski definition) is 2. The van der Waals surface area contributed by atoms with Crippen molar-refractivity contribution in [2.75, 3.05) is 18.5 Å². The van der Waals surface area contributed by atoms with Crippen LogP contribution in [-0.4, -0.2) is 26.6 Å². The maximum absolute atomic E-state index is 11.2. The minimum Gasteiger partial charge on any atom is -0.492 e. The van der Waals surface area contributed by atoms with Crippen LogP contribution in [-0.2, 0) is 15.4 Å². The number of aromatic nitrogens is 1. The van der Waals surface area contributed by atoms with Gasteiger partial charge in [-0.3, -0.25) is 0 Å². The van der Waals surface area contributed by atoms with Crippen LogP contribution < -0.4 is 15.2 Å². The van der Waals surface area contributed by atoms with Crippen LogP contribution >= 0.6 is 11.3 Å². The second-order valence-electron chi connectivity index (χ2n) is 6.08. The molecule has 0 amide bonds. The van der Waals surface area contributed by atoms with Crippen LogP contribution in [0, 0.1) is 0 Å². The zero-order valence-electron chi connectivity index (χ0n) is 13.4. The third-order valence-electron chi connectivity index (χ3n) is 3.11. The van der Waals surface area contributed by atoms with Crippen molar-refractivity contribution in [2.45, 2.75) is 30.4 Å². The summed E-state index contributed by atoms with van der Waals surface area (Å²) in [6.07, 6.45) is 1.25. The Bertz CT molecular complexity index is 764. The first-order valence-electron chi connectivity index (χ1n) is 7.12. The Labute approximate surface area is 140 Å². The Morgan fingerprint density at radius 2 is 2.09 bits per heavy atom. The lowest BCUT2D eigenvalue weighted by Crippen LogP contribution is -2.13. The molecule has 3 N–H and O–H groups in total. The van der Waals surface area contributed by atoms with Crippen molar-refractivity contribution >= 4 is 26.5 Å². The fourth-order valence-corrected chi connectivity index (χ4v) is 3.33. The SMILES string of the molecule is CC(C)(C)c1cccc(OCCNc2ncc(S(N)(=O)=O)s2)c1. The lowest BCUT2D eigenvalue weighted by atomic mass is 9.87. The number of rotatable bonds is 6. The highest BCUT2D eigenvalue weighted by atomic mass is 32.2. The van der Waals surface area contributed by atoms with E-state index in [9.17, 15) is 8.42 Å². The lowest BCUT2D eigenvalue weighted by Gasteiger charge is -2.19. The van der Waals surface area contributed by atoms with E-state index in [1.54, 1.807) is 0 Å². The molecule has 2 rings (SSSR count). The molecule has 0 atom stereocenters. The topological polar surface area (TPSA) is 94.3 Å². The fraction of sp³-hybridized carbons (Fsp3) is 0.400. The van der Waals surface area contributed by atoms with Gasteiger partial charge in [-0.2, -0.15) is 0 Å². The summed E-state index contributed by atoms with van der Waals surface area (Å²) in [7, 11) is -3.69. The summed E-state index contributed by atoms with van der Waals surface area (Å²) in [5.74, 6) is 0.809. The summed E-state index contributed by atoms with van der Waals surface area (Å²) < 4.78 is 28.1. The van der Waals surface area contributed by atoms with Crippen LogP contribution in [0.25, 0.3) is 0 Å². The van der Waals surface area contributed by atoms with Gasteiger partial charge in [0, 0.05) is 0 Å². The Morgan fingerprint density at radius 1 is 1.35 bits per heavy atom. The van der Waals surface area contributed by atoms with Gasteiger partial charge in [0.05, 0.1) is 12.7 Å². The van der Waals surface area contributed by atoms with E-state index < -0.39 is 10.0 Å². The highest BCUT2D eigenvalue weighted by molar-refractivity contribution is 7.91. The number of hydrogen-bond acceptors (Lipinski definition) is 6. The molecule has 1 heterocycles. The Hall–Kier alpha value is -1.64. The minimum atomic E-state index is -3.69. The molecule has 0 spiro atoms. The Kier molecular flexibility index (Phi) is 5.28. The molecule has 0 aliphatic rings. The molecule has 0 bridgehead atoms. The third-order valence-corrected chi connectivity index (χ3v) is 5.47. The van der Waals surface area contributed by atoms with Crippen molar-refractivity contribution in [3.8, 4) is 5.75 Å². The number of ether oxygens (including phenoxy) is 1. The number of nitrogens with two attached hydrogens (primary N) is 1. The minimum absolute atomic E-state index is 0.0406. The van der Waals surface area contributed by atoms with Crippen molar-refractivity contribution in [3.63, 3.8) is 0 Å². The lowest BCUT2D eigenvalue weighted by molar-refractivity contribution is 0.332. The highest BCUT2D eigenvalue weighted by Crippen LogP contribution is 2.25. The Morgan fingerprint density at radius 3 is 2.70 bits per heavy atom. The van der Waals surface area contributed by atoms with E-state index >= 15 is 0 Å². The van der Waals surface area contributed by atoms with Crippen LogP contribution in [0.5, 0.6) is 5.75 Å². The standard InChI is InChI=1S/C15H21N3O3S2/c1-15(2,3)11-5-4-6-12(9-11)21-8-7-17-14-18-10-13(22-14)23(16,19)20/h4-6,9-10H,7-8H2,1-3H3,(H,17,18)(H2,16,19,20). The summed E-state index contributed by atoms with van der Waals surface area (Å²) in [5.41, 5.74) is 1.28. The summed E-state index contributed by atoms with van der Waals surface area (Å²) in [4.78, 5) is 3.97. The maximum atomic E-state index is 11.2. The number of thiazole rings is 1. The first-order chi connectivity index (χ1) is 10.7. The monoisotopic (exact) mass is 355 g/mol. The number of anilines is 1.